The quantitative estimate of drug-likeness (QED) is 0.445. The van der Waals surface area contributed by atoms with Gasteiger partial charge in [0.1, 0.15) is 10.2 Å². The van der Waals surface area contributed by atoms with Crippen LogP contribution < -0.4 is 15.6 Å². The Kier molecular flexibility index (Phi) is 8.07. The van der Waals surface area contributed by atoms with E-state index in [-0.39, 0.29) is 11.5 Å². The number of methoxy groups -OCH3 is 1. The van der Waals surface area contributed by atoms with Crippen LogP contribution in [0.3, 0.4) is 0 Å². The van der Waals surface area contributed by atoms with E-state index in [2.05, 4.69) is 41.2 Å². The van der Waals surface area contributed by atoms with Crippen LogP contribution in [0.25, 0.3) is 0 Å². The van der Waals surface area contributed by atoms with Gasteiger partial charge in [0.2, 0.25) is 0 Å². The van der Waals surface area contributed by atoms with Gasteiger partial charge >= 0.3 is 5.97 Å². The summed E-state index contributed by atoms with van der Waals surface area (Å²) in [5.41, 5.74) is 1.12. The van der Waals surface area contributed by atoms with Crippen LogP contribution >= 0.6 is 15.9 Å². The number of H-pyrrole nitrogens is 1. The van der Waals surface area contributed by atoms with Crippen molar-refractivity contribution in [2.45, 2.75) is 32.2 Å². The Morgan fingerprint density at radius 1 is 1.35 bits per heavy atom. The largest absolute Gasteiger partial charge is 0.475 e. The van der Waals surface area contributed by atoms with Gasteiger partial charge in [-0.3, -0.25) is 14.6 Å². The highest BCUT2D eigenvalue weighted by atomic mass is 79.9. The van der Waals surface area contributed by atoms with Crippen LogP contribution in [0.15, 0.2) is 33.8 Å². The molecule has 0 spiro atoms. The van der Waals surface area contributed by atoms with Crippen molar-refractivity contribution in [3.05, 3.63) is 44.9 Å². The molecule has 0 aromatic carbocycles. The van der Waals surface area contributed by atoms with Crippen molar-refractivity contribution in [2.24, 2.45) is 0 Å². The number of pyridine rings is 1. The summed E-state index contributed by atoms with van der Waals surface area (Å²) in [7, 11) is 1.38. The molecular weight excluding hydrogens is 404 g/mol. The molecule has 0 bridgehead atoms. The van der Waals surface area contributed by atoms with Gasteiger partial charge in [0.15, 0.2) is 0 Å². The van der Waals surface area contributed by atoms with Crippen LogP contribution in [0.5, 0.6) is 5.88 Å². The van der Waals surface area contributed by atoms with Gasteiger partial charge < -0.3 is 14.8 Å². The lowest BCUT2D eigenvalue weighted by Crippen LogP contribution is -2.15. The molecule has 2 aromatic heterocycles. The number of hydrogen-bond acceptors (Lipinski definition) is 7. The number of unbranched alkanes of at least 4 members (excludes halogenated alkanes) is 2. The number of aromatic amines is 1. The zero-order valence-corrected chi connectivity index (χ0v) is 16.0. The fourth-order valence-corrected chi connectivity index (χ4v) is 2.58. The minimum atomic E-state index is -0.343. The SMILES string of the molecule is COC(=O)CCCCCOc1n[nH]c(=O)c(Br)c1NCc1cccnc1. The minimum absolute atomic E-state index is 0.209. The number of nitrogens with zero attached hydrogens (tertiary/aromatic N) is 2. The molecule has 0 saturated heterocycles. The molecule has 9 heteroatoms. The minimum Gasteiger partial charge on any atom is -0.475 e. The Morgan fingerprint density at radius 2 is 2.19 bits per heavy atom. The topological polar surface area (TPSA) is 106 Å². The zero-order valence-electron chi connectivity index (χ0n) is 14.5. The average molecular weight is 425 g/mol. The predicted octanol–water partition coefficient (Wildman–Crippen LogP) is 2.65. The Morgan fingerprint density at radius 3 is 2.92 bits per heavy atom. The van der Waals surface area contributed by atoms with E-state index >= 15 is 0 Å². The highest BCUT2D eigenvalue weighted by Crippen LogP contribution is 2.27. The predicted molar refractivity (Wildman–Crippen MR) is 100 cm³/mol. The first kappa shape index (κ1) is 19.9. The number of hydrogen-bond donors (Lipinski definition) is 2. The van der Waals surface area contributed by atoms with Crippen LogP contribution in [0.2, 0.25) is 0 Å². The molecule has 0 fully saturated rings. The van der Waals surface area contributed by atoms with Crippen molar-refractivity contribution < 1.29 is 14.3 Å². The lowest BCUT2D eigenvalue weighted by Gasteiger charge is -2.13. The molecule has 0 amide bonds. The summed E-state index contributed by atoms with van der Waals surface area (Å²) < 4.78 is 10.6. The van der Waals surface area contributed by atoms with Crippen molar-refractivity contribution in [3.8, 4) is 5.88 Å². The lowest BCUT2D eigenvalue weighted by molar-refractivity contribution is -0.140. The van der Waals surface area contributed by atoms with Crippen LogP contribution in [0, 0.1) is 0 Å². The standard InChI is InChI=1S/C17H21BrN4O4/c1-25-13(23)7-3-2-4-9-26-17-15(14(18)16(24)21-22-17)20-11-12-6-5-8-19-10-12/h5-6,8,10H,2-4,7,9,11H2,1H3,(H2,20,21,24). The van der Waals surface area contributed by atoms with Gasteiger partial charge in [-0.2, -0.15) is 0 Å². The molecule has 0 unspecified atom stereocenters. The van der Waals surface area contributed by atoms with E-state index in [1.807, 2.05) is 12.1 Å². The summed E-state index contributed by atoms with van der Waals surface area (Å²) in [5.74, 6) is 0.104. The molecule has 0 atom stereocenters. The molecule has 26 heavy (non-hydrogen) atoms. The number of rotatable bonds is 10. The second-order valence-electron chi connectivity index (χ2n) is 5.50. The number of esters is 1. The smallest absolute Gasteiger partial charge is 0.305 e. The first-order valence-corrected chi connectivity index (χ1v) is 9.01. The average Bonchev–Trinajstić information content (AvgIpc) is 2.67. The van der Waals surface area contributed by atoms with Gasteiger partial charge in [0.05, 0.1) is 13.7 Å². The summed E-state index contributed by atoms with van der Waals surface area (Å²) in [6.45, 7) is 0.904. The van der Waals surface area contributed by atoms with Gasteiger partial charge in [0.25, 0.3) is 11.4 Å². The third-order valence-corrected chi connectivity index (χ3v) is 4.33. The highest BCUT2D eigenvalue weighted by molar-refractivity contribution is 9.10. The van der Waals surface area contributed by atoms with Crippen molar-refractivity contribution in [2.75, 3.05) is 19.0 Å². The second kappa shape index (κ2) is 10.5. The fraction of sp³-hybridized carbons (Fsp3) is 0.412. The van der Waals surface area contributed by atoms with Gasteiger partial charge in [-0.1, -0.05) is 6.07 Å². The molecule has 2 aromatic rings. The van der Waals surface area contributed by atoms with E-state index in [0.717, 1.165) is 24.8 Å². The maximum absolute atomic E-state index is 11.8. The summed E-state index contributed by atoms with van der Waals surface area (Å²) in [6, 6.07) is 3.77. The summed E-state index contributed by atoms with van der Waals surface area (Å²) in [4.78, 5) is 26.9. The summed E-state index contributed by atoms with van der Waals surface area (Å²) in [6.07, 6.45) is 6.17. The van der Waals surface area contributed by atoms with Crippen LogP contribution in [-0.4, -0.2) is 34.9 Å². The Labute approximate surface area is 159 Å². The van der Waals surface area contributed by atoms with Crippen molar-refractivity contribution in [3.63, 3.8) is 0 Å². The Hall–Kier alpha value is -2.42. The lowest BCUT2D eigenvalue weighted by atomic mass is 10.2. The fourth-order valence-electron chi connectivity index (χ4n) is 2.18. The summed E-state index contributed by atoms with van der Waals surface area (Å²) >= 11 is 3.27. The maximum Gasteiger partial charge on any atom is 0.305 e. The number of halogens is 1. The van der Waals surface area contributed by atoms with Crippen molar-refractivity contribution >= 4 is 27.6 Å². The molecule has 140 valence electrons. The molecular formula is C17H21BrN4O4. The van der Waals surface area contributed by atoms with E-state index in [4.69, 9.17) is 4.74 Å². The third-order valence-electron chi connectivity index (χ3n) is 3.58. The van der Waals surface area contributed by atoms with E-state index in [1.54, 1.807) is 12.4 Å². The van der Waals surface area contributed by atoms with E-state index in [0.29, 0.717) is 35.6 Å². The molecule has 2 heterocycles. The van der Waals surface area contributed by atoms with Gasteiger partial charge in [-0.15, -0.1) is 5.10 Å². The van der Waals surface area contributed by atoms with Crippen molar-refractivity contribution in [1.29, 1.82) is 0 Å². The number of ether oxygens (including phenoxy) is 2. The number of anilines is 1. The molecule has 0 aliphatic rings. The molecule has 2 rings (SSSR count). The number of carbonyl (C=O) groups is 1. The monoisotopic (exact) mass is 424 g/mol. The molecule has 8 nitrogen and oxygen atoms in total. The van der Waals surface area contributed by atoms with Crippen molar-refractivity contribution in [1.82, 2.24) is 15.2 Å². The Balaban J connectivity index is 1.90. The maximum atomic E-state index is 11.8. The van der Waals surface area contributed by atoms with E-state index in [1.165, 1.54) is 7.11 Å². The second-order valence-corrected chi connectivity index (χ2v) is 6.29. The number of aromatic nitrogens is 3. The van der Waals surface area contributed by atoms with E-state index in [9.17, 15) is 9.59 Å². The molecule has 0 radical (unpaired) electrons. The van der Waals surface area contributed by atoms with Crippen LogP contribution in [-0.2, 0) is 16.1 Å². The van der Waals surface area contributed by atoms with Crippen LogP contribution in [0.4, 0.5) is 5.69 Å². The third kappa shape index (κ3) is 6.14. The highest BCUT2D eigenvalue weighted by Gasteiger charge is 2.13. The molecule has 0 aliphatic carbocycles. The zero-order chi connectivity index (χ0) is 18.8. The van der Waals surface area contributed by atoms with E-state index < -0.39 is 0 Å². The Bertz CT molecular complexity index is 767. The van der Waals surface area contributed by atoms with Gasteiger partial charge in [0, 0.05) is 25.4 Å². The molecule has 0 saturated carbocycles. The van der Waals surface area contributed by atoms with Gasteiger partial charge in [-0.05, 0) is 46.8 Å². The van der Waals surface area contributed by atoms with Crippen LogP contribution in [0.1, 0.15) is 31.2 Å². The number of nitrogens with one attached hydrogen (secondary N) is 2. The molecule has 2 N–H and O–H groups in total. The van der Waals surface area contributed by atoms with Gasteiger partial charge in [-0.25, -0.2) is 5.10 Å². The first-order chi connectivity index (χ1) is 12.6. The molecule has 0 aliphatic heterocycles. The summed E-state index contributed by atoms with van der Waals surface area (Å²) in [5, 5.41) is 9.52. The first-order valence-electron chi connectivity index (χ1n) is 8.22. The number of carbonyl (C=O) groups excluding carboxylic acids is 1. The normalized spacial score (nSPS) is 10.4.